The van der Waals surface area contributed by atoms with E-state index in [0.29, 0.717) is 27.6 Å². The summed E-state index contributed by atoms with van der Waals surface area (Å²) in [5.41, 5.74) is 1.00. The van der Waals surface area contributed by atoms with Gasteiger partial charge in [-0.05, 0) is 58.3 Å². The van der Waals surface area contributed by atoms with Gasteiger partial charge in [-0.3, -0.25) is 0 Å². The maximum Gasteiger partial charge on any atom is 0.194 e. The molecule has 0 unspecified atom stereocenters. The molecule has 0 aliphatic rings. The highest BCUT2D eigenvalue weighted by molar-refractivity contribution is 6.21. The van der Waals surface area contributed by atoms with E-state index in [1.165, 1.54) is 7.11 Å². The fourth-order valence-corrected chi connectivity index (χ4v) is 4.29. The first-order chi connectivity index (χ1) is 15.9. The highest BCUT2D eigenvalue weighted by atomic mass is 19.2. The van der Waals surface area contributed by atoms with Crippen LogP contribution in [0.1, 0.15) is 0 Å². The molecule has 0 amide bonds. The number of hydrogen-bond acceptors (Lipinski definition) is 1. The number of fused-ring (bicyclic) bond motifs is 2. The van der Waals surface area contributed by atoms with Crippen molar-refractivity contribution in [3.63, 3.8) is 0 Å². The van der Waals surface area contributed by atoms with Crippen molar-refractivity contribution in [3.05, 3.63) is 102 Å². The molecule has 0 atom stereocenters. The van der Waals surface area contributed by atoms with Crippen LogP contribution in [0.25, 0.3) is 43.8 Å². The minimum absolute atomic E-state index is 0.0426. The molecule has 0 spiro atoms. The van der Waals surface area contributed by atoms with Crippen molar-refractivity contribution in [2.24, 2.45) is 0 Å². The molecule has 1 nitrogen and oxygen atoms in total. The van der Waals surface area contributed by atoms with Gasteiger partial charge in [0, 0.05) is 21.9 Å². The van der Waals surface area contributed by atoms with Crippen molar-refractivity contribution in [3.8, 4) is 28.0 Å². The third-order valence-corrected chi connectivity index (χ3v) is 5.72. The Morgan fingerprint density at radius 2 is 1.03 bits per heavy atom. The second kappa shape index (κ2) is 7.89. The molecular formula is C27H15F5O. The van der Waals surface area contributed by atoms with Crippen molar-refractivity contribution in [1.29, 1.82) is 0 Å². The lowest BCUT2D eigenvalue weighted by atomic mass is 9.85. The third-order valence-electron chi connectivity index (χ3n) is 5.72. The van der Waals surface area contributed by atoms with Gasteiger partial charge in [0.25, 0.3) is 0 Å². The Hall–Kier alpha value is -3.93. The molecule has 0 saturated heterocycles. The smallest absolute Gasteiger partial charge is 0.194 e. The Balaban J connectivity index is 2.01. The van der Waals surface area contributed by atoms with E-state index in [-0.39, 0.29) is 21.9 Å². The lowest BCUT2D eigenvalue weighted by Gasteiger charge is -2.19. The molecule has 0 saturated carbocycles. The fourth-order valence-electron chi connectivity index (χ4n) is 4.29. The van der Waals surface area contributed by atoms with E-state index in [0.717, 1.165) is 24.3 Å². The molecule has 0 N–H and O–H groups in total. The van der Waals surface area contributed by atoms with Gasteiger partial charge >= 0.3 is 0 Å². The second-order valence-electron chi connectivity index (χ2n) is 7.56. The molecule has 5 aromatic carbocycles. The molecule has 0 aliphatic carbocycles. The summed E-state index contributed by atoms with van der Waals surface area (Å²) in [5, 5.41) is 0.787. The molecular weight excluding hydrogens is 435 g/mol. The first-order valence-electron chi connectivity index (χ1n) is 10.0. The first-order valence-corrected chi connectivity index (χ1v) is 10.0. The van der Waals surface area contributed by atoms with Gasteiger partial charge in [0.05, 0.1) is 7.11 Å². The molecule has 0 heterocycles. The van der Waals surface area contributed by atoms with Crippen molar-refractivity contribution < 1.29 is 26.7 Å². The van der Waals surface area contributed by atoms with Gasteiger partial charge in [-0.15, -0.1) is 0 Å². The summed E-state index contributed by atoms with van der Waals surface area (Å²) in [6.07, 6.45) is 0. The molecule has 0 bridgehead atoms. The number of benzene rings is 5. The van der Waals surface area contributed by atoms with E-state index in [2.05, 4.69) is 0 Å². The van der Waals surface area contributed by atoms with Gasteiger partial charge in [-0.25, -0.2) is 22.0 Å². The molecule has 164 valence electrons. The van der Waals surface area contributed by atoms with Crippen molar-refractivity contribution in [2.75, 3.05) is 7.11 Å². The lowest BCUT2D eigenvalue weighted by molar-refractivity contribution is 0.415. The molecule has 5 rings (SSSR count). The van der Waals surface area contributed by atoms with E-state index in [9.17, 15) is 13.2 Å². The van der Waals surface area contributed by atoms with Gasteiger partial charge < -0.3 is 4.74 Å². The van der Waals surface area contributed by atoms with Crippen LogP contribution in [0, 0.1) is 29.1 Å². The summed E-state index contributed by atoms with van der Waals surface area (Å²) in [7, 11) is 1.52. The standard InChI is InChI=1S/C27H15F5O/c1-33-16-8-6-14(7-9-16)23-17-4-2-3-5-18(17)24(15-12-21(30)27(32)22(31)13-15)26-20(29)11-10-19(28)25(23)26/h2-13H,1H3. The quantitative estimate of drug-likeness (QED) is 0.154. The Morgan fingerprint density at radius 1 is 0.545 bits per heavy atom. The predicted octanol–water partition coefficient (Wildman–Crippen LogP) is 8.03. The van der Waals surface area contributed by atoms with Crippen LogP contribution >= 0.6 is 0 Å². The van der Waals surface area contributed by atoms with Crippen LogP contribution in [-0.2, 0) is 0 Å². The minimum Gasteiger partial charge on any atom is -0.497 e. The van der Waals surface area contributed by atoms with Crippen LogP contribution in [0.5, 0.6) is 5.75 Å². The zero-order valence-corrected chi connectivity index (χ0v) is 17.2. The summed E-state index contributed by atoms with van der Waals surface area (Å²) in [6, 6.07) is 17.2. The Bertz CT molecular complexity index is 1520. The van der Waals surface area contributed by atoms with Gasteiger partial charge in [0.15, 0.2) is 17.5 Å². The molecule has 6 heteroatoms. The second-order valence-corrected chi connectivity index (χ2v) is 7.56. The maximum atomic E-state index is 15.3. The van der Waals surface area contributed by atoms with E-state index in [4.69, 9.17) is 4.74 Å². The van der Waals surface area contributed by atoms with Crippen LogP contribution in [0.15, 0.2) is 72.8 Å². The summed E-state index contributed by atoms with van der Waals surface area (Å²) in [4.78, 5) is 0. The van der Waals surface area contributed by atoms with Gasteiger partial charge in [-0.1, -0.05) is 36.4 Å². The molecule has 0 fully saturated rings. The minimum atomic E-state index is -1.63. The van der Waals surface area contributed by atoms with E-state index in [1.54, 1.807) is 48.5 Å². The van der Waals surface area contributed by atoms with Crippen LogP contribution in [0.3, 0.4) is 0 Å². The highest BCUT2D eigenvalue weighted by Crippen LogP contribution is 2.45. The number of halogens is 5. The van der Waals surface area contributed by atoms with E-state index in [1.807, 2.05) is 0 Å². The van der Waals surface area contributed by atoms with Crippen LogP contribution in [0.4, 0.5) is 22.0 Å². The van der Waals surface area contributed by atoms with Gasteiger partial charge in [0.2, 0.25) is 0 Å². The van der Waals surface area contributed by atoms with Crippen LogP contribution in [0.2, 0.25) is 0 Å². The average Bonchev–Trinajstić information content (AvgIpc) is 2.83. The predicted molar refractivity (Wildman–Crippen MR) is 119 cm³/mol. The third kappa shape index (κ3) is 3.30. The Kier molecular flexibility index (Phi) is 5.01. The Labute approximate surface area is 185 Å². The van der Waals surface area contributed by atoms with Crippen LogP contribution in [-0.4, -0.2) is 7.11 Å². The maximum absolute atomic E-state index is 15.3. The summed E-state index contributed by atoms with van der Waals surface area (Å²) < 4.78 is 77.7. The molecule has 0 aliphatic heterocycles. The first kappa shape index (κ1) is 20.9. The van der Waals surface area contributed by atoms with Gasteiger partial charge in [-0.2, -0.15) is 0 Å². The average molecular weight is 450 g/mol. The molecule has 33 heavy (non-hydrogen) atoms. The Morgan fingerprint density at radius 3 is 1.52 bits per heavy atom. The van der Waals surface area contributed by atoms with Crippen LogP contribution < -0.4 is 4.74 Å². The fraction of sp³-hybridized carbons (Fsp3) is 0.0370. The molecule has 0 radical (unpaired) electrons. The topological polar surface area (TPSA) is 9.23 Å². The molecule has 0 aromatic heterocycles. The normalized spacial score (nSPS) is 11.3. The van der Waals surface area contributed by atoms with E-state index < -0.39 is 29.1 Å². The van der Waals surface area contributed by atoms with Crippen molar-refractivity contribution in [2.45, 2.75) is 0 Å². The van der Waals surface area contributed by atoms with Crippen molar-refractivity contribution in [1.82, 2.24) is 0 Å². The zero-order chi connectivity index (χ0) is 23.3. The number of hydrogen-bond donors (Lipinski definition) is 0. The SMILES string of the molecule is COc1ccc(-c2c3ccccc3c(-c3cc(F)c(F)c(F)c3)c3c(F)ccc(F)c23)cc1. The molecule has 5 aromatic rings. The summed E-state index contributed by atoms with van der Waals surface area (Å²) in [5.74, 6) is -5.35. The van der Waals surface area contributed by atoms with E-state index >= 15 is 8.78 Å². The summed E-state index contributed by atoms with van der Waals surface area (Å²) >= 11 is 0. The van der Waals surface area contributed by atoms with Gasteiger partial charge in [0.1, 0.15) is 17.4 Å². The number of methoxy groups -OCH3 is 1. The highest BCUT2D eigenvalue weighted by Gasteiger charge is 2.23. The van der Waals surface area contributed by atoms with Crippen molar-refractivity contribution >= 4 is 21.5 Å². The summed E-state index contributed by atoms with van der Waals surface area (Å²) in [6.45, 7) is 0. The largest absolute Gasteiger partial charge is 0.497 e. The monoisotopic (exact) mass is 450 g/mol. The number of rotatable bonds is 3. The lowest BCUT2D eigenvalue weighted by Crippen LogP contribution is -1.98. The zero-order valence-electron chi connectivity index (χ0n) is 17.2. The number of ether oxygens (including phenoxy) is 1.